The van der Waals surface area contributed by atoms with Crippen molar-refractivity contribution in [2.45, 2.75) is 33.6 Å². The van der Waals surface area contributed by atoms with Gasteiger partial charge in [0.2, 0.25) is 5.91 Å². The summed E-state index contributed by atoms with van der Waals surface area (Å²) >= 11 is 0. The summed E-state index contributed by atoms with van der Waals surface area (Å²) in [6.07, 6.45) is 0.815. The van der Waals surface area contributed by atoms with Gasteiger partial charge in [-0.2, -0.15) is 0 Å². The smallest absolute Gasteiger partial charge is 0.311 e. The topological polar surface area (TPSA) is 75.7 Å². The molecule has 1 saturated heterocycles. The van der Waals surface area contributed by atoms with Crippen molar-refractivity contribution >= 4 is 23.5 Å². The van der Waals surface area contributed by atoms with Crippen molar-refractivity contribution in [3.63, 3.8) is 0 Å². The van der Waals surface area contributed by atoms with Crippen molar-refractivity contribution in [3.8, 4) is 0 Å². The van der Waals surface area contributed by atoms with Crippen molar-refractivity contribution in [2.24, 2.45) is 5.92 Å². The Morgan fingerprint density at radius 2 is 1.80 bits per heavy atom. The van der Waals surface area contributed by atoms with E-state index in [0.29, 0.717) is 13.0 Å². The molecular weight excluding hydrogens is 380 g/mol. The van der Waals surface area contributed by atoms with Gasteiger partial charge in [-0.05, 0) is 55.5 Å². The van der Waals surface area contributed by atoms with Gasteiger partial charge in [-0.15, -0.1) is 0 Å². The van der Waals surface area contributed by atoms with E-state index in [0.717, 1.165) is 16.8 Å². The van der Waals surface area contributed by atoms with Crippen molar-refractivity contribution in [1.82, 2.24) is 5.32 Å². The first-order valence-electron chi connectivity index (χ1n) is 10.2. The van der Waals surface area contributed by atoms with Gasteiger partial charge in [0.15, 0.2) is 6.61 Å². The van der Waals surface area contributed by atoms with E-state index in [1.54, 1.807) is 4.90 Å². The van der Waals surface area contributed by atoms with Crippen LogP contribution in [0.1, 0.15) is 28.7 Å². The maximum absolute atomic E-state index is 12.4. The number of amides is 2. The monoisotopic (exact) mass is 408 g/mol. The molecule has 0 aliphatic carbocycles. The molecule has 158 valence electrons. The Morgan fingerprint density at radius 3 is 2.57 bits per heavy atom. The van der Waals surface area contributed by atoms with Crippen molar-refractivity contribution in [2.75, 3.05) is 24.6 Å². The third-order valence-corrected chi connectivity index (χ3v) is 5.65. The normalized spacial score (nSPS) is 15.9. The van der Waals surface area contributed by atoms with Crippen LogP contribution in [0.2, 0.25) is 0 Å². The Hall–Kier alpha value is -3.15. The van der Waals surface area contributed by atoms with Gasteiger partial charge in [0.1, 0.15) is 0 Å². The molecule has 30 heavy (non-hydrogen) atoms. The number of nitrogens with one attached hydrogen (secondary N) is 1. The minimum absolute atomic E-state index is 0.0983. The van der Waals surface area contributed by atoms with Crippen LogP contribution in [-0.2, 0) is 25.5 Å². The Kier molecular flexibility index (Phi) is 6.87. The maximum Gasteiger partial charge on any atom is 0.311 e. The van der Waals surface area contributed by atoms with Gasteiger partial charge in [-0.1, -0.05) is 36.4 Å². The lowest BCUT2D eigenvalue weighted by molar-refractivity contribution is -0.152. The first kappa shape index (κ1) is 21.6. The number of carbonyl (C=O) groups excluding carboxylic acids is 3. The molecule has 0 radical (unpaired) electrons. The third kappa shape index (κ3) is 5.06. The second-order valence-electron chi connectivity index (χ2n) is 7.76. The van der Waals surface area contributed by atoms with E-state index in [2.05, 4.69) is 5.32 Å². The van der Waals surface area contributed by atoms with Crippen molar-refractivity contribution in [3.05, 3.63) is 64.7 Å². The summed E-state index contributed by atoms with van der Waals surface area (Å²) in [5.41, 5.74) is 5.29. The first-order valence-corrected chi connectivity index (χ1v) is 10.2. The number of rotatable bonds is 7. The average Bonchev–Trinajstić information content (AvgIpc) is 3.11. The molecule has 6 nitrogen and oxygen atoms in total. The van der Waals surface area contributed by atoms with Gasteiger partial charge < -0.3 is 15.0 Å². The highest BCUT2D eigenvalue weighted by Crippen LogP contribution is 2.29. The number of carbonyl (C=O) groups is 3. The summed E-state index contributed by atoms with van der Waals surface area (Å²) in [7, 11) is 0. The van der Waals surface area contributed by atoms with Gasteiger partial charge in [0.25, 0.3) is 5.91 Å². The summed E-state index contributed by atoms with van der Waals surface area (Å²) in [5, 5.41) is 2.77. The molecule has 1 aliphatic rings. The molecule has 1 N–H and O–H groups in total. The summed E-state index contributed by atoms with van der Waals surface area (Å²) in [5.74, 6) is -1.51. The van der Waals surface area contributed by atoms with E-state index in [1.807, 2.05) is 63.2 Å². The number of hydrogen-bond donors (Lipinski definition) is 1. The number of aryl methyl sites for hydroxylation is 2. The fourth-order valence-corrected chi connectivity index (χ4v) is 3.66. The molecule has 6 heteroatoms. The zero-order valence-electron chi connectivity index (χ0n) is 17.7. The lowest BCUT2D eigenvalue weighted by atomic mass is 10.1. The van der Waals surface area contributed by atoms with Crippen LogP contribution < -0.4 is 10.2 Å². The SMILES string of the molecule is Cc1ccccc1CCNC(=O)COC(=O)[C@H]1CC(=O)N(c2cccc(C)c2C)C1. The molecule has 1 heterocycles. The quantitative estimate of drug-likeness (QED) is 0.715. The van der Waals surface area contributed by atoms with E-state index < -0.39 is 11.9 Å². The van der Waals surface area contributed by atoms with Gasteiger partial charge in [0.05, 0.1) is 5.92 Å². The largest absolute Gasteiger partial charge is 0.455 e. The molecule has 0 saturated carbocycles. The molecule has 1 fully saturated rings. The molecule has 0 unspecified atom stereocenters. The van der Waals surface area contributed by atoms with Gasteiger partial charge in [-0.3, -0.25) is 14.4 Å². The molecule has 0 spiro atoms. The third-order valence-electron chi connectivity index (χ3n) is 5.65. The summed E-state index contributed by atoms with van der Waals surface area (Å²) in [4.78, 5) is 38.5. The fraction of sp³-hybridized carbons (Fsp3) is 0.375. The van der Waals surface area contributed by atoms with Crippen LogP contribution in [0.25, 0.3) is 0 Å². The minimum Gasteiger partial charge on any atom is -0.455 e. The van der Waals surface area contributed by atoms with Crippen molar-refractivity contribution in [1.29, 1.82) is 0 Å². The Morgan fingerprint density at radius 1 is 1.07 bits per heavy atom. The Bertz CT molecular complexity index is 954. The van der Waals surface area contributed by atoms with Crippen LogP contribution in [0.15, 0.2) is 42.5 Å². The van der Waals surface area contributed by atoms with E-state index >= 15 is 0 Å². The highest BCUT2D eigenvalue weighted by atomic mass is 16.5. The molecule has 0 aromatic heterocycles. The van der Waals surface area contributed by atoms with Crippen molar-refractivity contribution < 1.29 is 19.1 Å². The van der Waals surface area contributed by atoms with E-state index in [4.69, 9.17) is 4.74 Å². The van der Waals surface area contributed by atoms with E-state index in [9.17, 15) is 14.4 Å². The number of esters is 1. The first-order chi connectivity index (χ1) is 14.4. The van der Waals surface area contributed by atoms with Crippen LogP contribution in [0, 0.1) is 26.7 Å². The highest BCUT2D eigenvalue weighted by Gasteiger charge is 2.37. The molecule has 1 aliphatic heterocycles. The Labute approximate surface area is 177 Å². The maximum atomic E-state index is 12.4. The fourth-order valence-electron chi connectivity index (χ4n) is 3.66. The van der Waals surface area contributed by atoms with Gasteiger partial charge in [0, 0.05) is 25.2 Å². The number of nitrogens with zero attached hydrogens (tertiary/aromatic N) is 1. The van der Waals surface area contributed by atoms with Crippen LogP contribution in [0.4, 0.5) is 5.69 Å². The predicted octanol–water partition coefficient (Wildman–Crippen LogP) is 2.87. The van der Waals surface area contributed by atoms with Crippen LogP contribution in [0.5, 0.6) is 0 Å². The average molecular weight is 408 g/mol. The lowest BCUT2D eigenvalue weighted by Crippen LogP contribution is -2.32. The predicted molar refractivity (Wildman–Crippen MR) is 115 cm³/mol. The van der Waals surface area contributed by atoms with E-state index in [1.165, 1.54) is 11.1 Å². The molecular formula is C24H28N2O4. The molecule has 2 aromatic rings. The minimum atomic E-state index is -0.558. The second kappa shape index (κ2) is 9.57. The second-order valence-corrected chi connectivity index (χ2v) is 7.76. The van der Waals surface area contributed by atoms with Crippen LogP contribution >= 0.6 is 0 Å². The summed E-state index contributed by atoms with van der Waals surface area (Å²) in [6.45, 7) is 6.40. The van der Waals surface area contributed by atoms with E-state index in [-0.39, 0.29) is 31.4 Å². The molecule has 0 bridgehead atoms. The van der Waals surface area contributed by atoms with Gasteiger partial charge >= 0.3 is 5.97 Å². The molecule has 2 aromatic carbocycles. The highest BCUT2D eigenvalue weighted by molar-refractivity contribution is 6.00. The van der Waals surface area contributed by atoms with Crippen LogP contribution in [0.3, 0.4) is 0 Å². The number of ether oxygens (including phenoxy) is 1. The lowest BCUT2D eigenvalue weighted by Gasteiger charge is -2.20. The number of anilines is 1. The standard InChI is InChI=1S/C24H28N2O4/c1-16-8-6-10-21(18(16)3)26-14-20(13-23(26)28)24(29)30-15-22(27)25-12-11-19-9-5-4-7-17(19)2/h4-10,20H,11-15H2,1-3H3,(H,25,27)/t20-/m0/s1. The zero-order chi connectivity index (χ0) is 21.7. The molecule has 1 atom stereocenters. The number of benzene rings is 2. The summed E-state index contributed by atoms with van der Waals surface area (Å²) < 4.78 is 5.17. The van der Waals surface area contributed by atoms with Gasteiger partial charge in [-0.25, -0.2) is 0 Å². The molecule has 2 amide bonds. The molecule has 3 rings (SSSR count). The zero-order valence-corrected chi connectivity index (χ0v) is 17.7. The Balaban J connectivity index is 1.46. The summed E-state index contributed by atoms with van der Waals surface area (Å²) in [6, 6.07) is 13.8. The number of hydrogen-bond acceptors (Lipinski definition) is 4. The van der Waals surface area contributed by atoms with Crippen LogP contribution in [-0.4, -0.2) is 37.5 Å².